The molecule has 25 heavy (non-hydrogen) atoms. The third-order valence-electron chi connectivity index (χ3n) is 5.40. The molecule has 130 valence electrons. The van der Waals surface area contributed by atoms with E-state index in [0.29, 0.717) is 17.9 Å². The van der Waals surface area contributed by atoms with Crippen molar-refractivity contribution < 1.29 is 9.90 Å². The summed E-state index contributed by atoms with van der Waals surface area (Å²) in [7, 11) is 0. The van der Waals surface area contributed by atoms with Crippen LogP contribution >= 0.6 is 0 Å². The highest BCUT2D eigenvalue weighted by Gasteiger charge is 2.41. The van der Waals surface area contributed by atoms with Crippen LogP contribution in [-0.2, 0) is 6.42 Å². The molecule has 1 amide bonds. The lowest BCUT2D eigenvalue weighted by molar-refractivity contribution is 0.0990. The van der Waals surface area contributed by atoms with Crippen LogP contribution in [0.4, 0.5) is 11.5 Å². The molecule has 1 aliphatic carbocycles. The van der Waals surface area contributed by atoms with Crippen LogP contribution in [0.15, 0.2) is 42.6 Å². The summed E-state index contributed by atoms with van der Waals surface area (Å²) >= 11 is 0. The lowest BCUT2D eigenvalue weighted by Crippen LogP contribution is -2.30. The van der Waals surface area contributed by atoms with Gasteiger partial charge in [-0.2, -0.15) is 0 Å². The molecule has 4 rings (SSSR count). The van der Waals surface area contributed by atoms with Gasteiger partial charge in [0, 0.05) is 31.6 Å². The number of para-hydroxylation sites is 1. The summed E-state index contributed by atoms with van der Waals surface area (Å²) < 4.78 is 0. The molecule has 1 aromatic heterocycles. The Morgan fingerprint density at radius 3 is 2.88 bits per heavy atom. The summed E-state index contributed by atoms with van der Waals surface area (Å²) in [6.07, 6.45) is 5.65. The van der Waals surface area contributed by atoms with Crippen LogP contribution < -0.4 is 10.2 Å². The molecule has 1 aliphatic heterocycles. The lowest BCUT2D eigenvalue weighted by atomic mass is 10.0. The smallest absolute Gasteiger partial charge is 0.262 e. The average Bonchev–Trinajstić information content (AvgIpc) is 3.28. The molecular formula is C20H23N3O2. The number of pyridine rings is 1. The lowest BCUT2D eigenvalue weighted by Gasteiger charge is -2.20. The van der Waals surface area contributed by atoms with Crippen LogP contribution in [0.25, 0.3) is 0 Å². The fraction of sp³-hybridized carbons (Fsp3) is 0.400. The molecule has 1 aromatic carbocycles. The van der Waals surface area contributed by atoms with Gasteiger partial charge in [-0.1, -0.05) is 18.2 Å². The van der Waals surface area contributed by atoms with Crippen molar-refractivity contribution in [3.63, 3.8) is 0 Å². The molecule has 1 saturated carbocycles. The van der Waals surface area contributed by atoms with E-state index in [-0.39, 0.29) is 17.9 Å². The van der Waals surface area contributed by atoms with Gasteiger partial charge < -0.3 is 15.3 Å². The summed E-state index contributed by atoms with van der Waals surface area (Å²) in [5.41, 5.74) is 3.00. The largest absolute Gasteiger partial charge is 0.396 e. The summed E-state index contributed by atoms with van der Waals surface area (Å²) in [5, 5.41) is 12.6. The molecule has 5 nitrogen and oxygen atoms in total. The highest BCUT2D eigenvalue weighted by atomic mass is 16.3. The number of hydrogen-bond donors (Lipinski definition) is 2. The maximum absolute atomic E-state index is 13.1. The van der Waals surface area contributed by atoms with Crippen molar-refractivity contribution in [3.05, 3.63) is 53.7 Å². The van der Waals surface area contributed by atoms with Crippen LogP contribution in [0, 0.1) is 5.41 Å². The maximum Gasteiger partial charge on any atom is 0.262 e. The molecule has 2 heterocycles. The van der Waals surface area contributed by atoms with Crippen molar-refractivity contribution in [1.29, 1.82) is 0 Å². The van der Waals surface area contributed by atoms with Crippen molar-refractivity contribution in [3.8, 4) is 0 Å². The number of aromatic nitrogens is 1. The average molecular weight is 337 g/mol. The van der Waals surface area contributed by atoms with E-state index in [1.807, 2.05) is 29.2 Å². The van der Waals surface area contributed by atoms with E-state index in [9.17, 15) is 9.90 Å². The van der Waals surface area contributed by atoms with Gasteiger partial charge >= 0.3 is 0 Å². The number of anilines is 2. The first-order chi connectivity index (χ1) is 12.2. The molecule has 0 radical (unpaired) electrons. The standard InChI is InChI=1S/C20H23N3O2/c24-13-10-20(8-9-20)14-22-18-16(5-3-11-21-18)19(25)23-12-7-15-4-1-2-6-17(15)23/h1-6,11,24H,7-10,12-14H2,(H,21,22). The van der Waals surface area contributed by atoms with E-state index < -0.39 is 0 Å². The predicted molar refractivity (Wildman–Crippen MR) is 97.9 cm³/mol. The van der Waals surface area contributed by atoms with Crippen LogP contribution in [0.1, 0.15) is 35.2 Å². The number of aliphatic hydroxyl groups is 1. The van der Waals surface area contributed by atoms with E-state index in [2.05, 4.69) is 16.4 Å². The number of benzene rings is 1. The van der Waals surface area contributed by atoms with Gasteiger partial charge in [0.2, 0.25) is 0 Å². The third-order valence-corrected chi connectivity index (χ3v) is 5.40. The van der Waals surface area contributed by atoms with Gasteiger partial charge in [-0.05, 0) is 54.9 Å². The number of fused-ring (bicyclic) bond motifs is 1. The molecule has 1 fully saturated rings. The third kappa shape index (κ3) is 3.12. The van der Waals surface area contributed by atoms with Crippen molar-refractivity contribution in [2.75, 3.05) is 29.9 Å². The molecule has 0 saturated heterocycles. The van der Waals surface area contributed by atoms with Gasteiger partial charge in [0.05, 0.1) is 5.56 Å². The fourth-order valence-corrected chi connectivity index (χ4v) is 3.61. The molecule has 2 aromatic rings. The number of nitrogens with one attached hydrogen (secondary N) is 1. The second-order valence-corrected chi connectivity index (χ2v) is 7.06. The van der Waals surface area contributed by atoms with Crippen LogP contribution in [0.2, 0.25) is 0 Å². The first-order valence-corrected chi connectivity index (χ1v) is 8.92. The Bertz CT molecular complexity index is 786. The van der Waals surface area contributed by atoms with Gasteiger partial charge in [-0.3, -0.25) is 4.79 Å². The minimum absolute atomic E-state index is 0.00689. The summed E-state index contributed by atoms with van der Waals surface area (Å²) in [6.45, 7) is 1.67. The van der Waals surface area contributed by atoms with Gasteiger partial charge in [0.1, 0.15) is 5.82 Å². The highest BCUT2D eigenvalue weighted by molar-refractivity contribution is 6.10. The van der Waals surface area contributed by atoms with Crippen molar-refractivity contribution in [1.82, 2.24) is 4.98 Å². The second kappa shape index (κ2) is 6.48. The van der Waals surface area contributed by atoms with Gasteiger partial charge in [0.25, 0.3) is 5.91 Å². The Labute approximate surface area is 147 Å². The van der Waals surface area contributed by atoms with Gasteiger partial charge in [-0.15, -0.1) is 0 Å². The topological polar surface area (TPSA) is 65.5 Å². The zero-order chi connectivity index (χ0) is 17.3. The minimum Gasteiger partial charge on any atom is -0.396 e. The Hall–Kier alpha value is -2.40. The number of amides is 1. The zero-order valence-electron chi connectivity index (χ0n) is 14.2. The van der Waals surface area contributed by atoms with E-state index in [4.69, 9.17) is 0 Å². The molecule has 2 N–H and O–H groups in total. The predicted octanol–water partition coefficient (Wildman–Crippen LogP) is 2.86. The quantitative estimate of drug-likeness (QED) is 0.851. The highest BCUT2D eigenvalue weighted by Crippen LogP contribution is 2.48. The number of rotatable bonds is 6. The van der Waals surface area contributed by atoms with Gasteiger partial charge in [-0.25, -0.2) is 4.98 Å². The van der Waals surface area contributed by atoms with Crippen LogP contribution in [0.3, 0.4) is 0 Å². The number of nitrogens with zero attached hydrogens (tertiary/aromatic N) is 2. The number of hydrogen-bond acceptors (Lipinski definition) is 4. The SMILES string of the molecule is O=C(c1cccnc1NCC1(CCO)CC1)N1CCc2ccccc21. The molecule has 0 unspecified atom stereocenters. The molecule has 0 bridgehead atoms. The number of carbonyl (C=O) groups is 1. The number of carbonyl (C=O) groups excluding carboxylic acids is 1. The van der Waals surface area contributed by atoms with Crippen molar-refractivity contribution in [2.45, 2.75) is 25.7 Å². The normalized spacial score (nSPS) is 17.2. The Balaban J connectivity index is 1.54. The van der Waals surface area contributed by atoms with E-state index in [1.54, 1.807) is 12.3 Å². The fourth-order valence-electron chi connectivity index (χ4n) is 3.61. The van der Waals surface area contributed by atoms with E-state index in [0.717, 1.165) is 37.9 Å². The summed E-state index contributed by atoms with van der Waals surface area (Å²) in [6, 6.07) is 11.7. The molecule has 2 aliphatic rings. The Morgan fingerprint density at radius 1 is 1.24 bits per heavy atom. The molecule has 0 atom stereocenters. The van der Waals surface area contributed by atoms with Crippen LogP contribution in [-0.4, -0.2) is 35.7 Å². The summed E-state index contributed by atoms with van der Waals surface area (Å²) in [5.74, 6) is 0.633. The van der Waals surface area contributed by atoms with Crippen molar-refractivity contribution in [2.24, 2.45) is 5.41 Å². The van der Waals surface area contributed by atoms with Crippen LogP contribution in [0.5, 0.6) is 0 Å². The minimum atomic E-state index is -0.00689. The molecular weight excluding hydrogens is 314 g/mol. The zero-order valence-corrected chi connectivity index (χ0v) is 14.2. The first-order valence-electron chi connectivity index (χ1n) is 8.92. The van der Waals surface area contributed by atoms with Crippen molar-refractivity contribution >= 4 is 17.4 Å². The van der Waals surface area contributed by atoms with Gasteiger partial charge in [0.15, 0.2) is 0 Å². The monoisotopic (exact) mass is 337 g/mol. The number of aliphatic hydroxyl groups excluding tert-OH is 1. The Kier molecular flexibility index (Phi) is 4.17. The molecule has 5 heteroatoms. The maximum atomic E-state index is 13.1. The summed E-state index contributed by atoms with van der Waals surface area (Å²) in [4.78, 5) is 19.3. The molecule has 0 spiro atoms. The second-order valence-electron chi connectivity index (χ2n) is 7.06. The first kappa shape index (κ1) is 16.1. The Morgan fingerprint density at radius 2 is 2.08 bits per heavy atom. The van der Waals surface area contributed by atoms with E-state index in [1.165, 1.54) is 5.56 Å². The van der Waals surface area contributed by atoms with E-state index >= 15 is 0 Å².